The fraction of sp³-hybridized carbons (Fsp3) is 0.227. The lowest BCUT2D eigenvalue weighted by Crippen LogP contribution is -2.07. The first-order valence-corrected chi connectivity index (χ1v) is 8.83. The summed E-state index contributed by atoms with van der Waals surface area (Å²) in [5.74, 6) is 0.923. The molecule has 25 heavy (non-hydrogen) atoms. The highest BCUT2D eigenvalue weighted by Crippen LogP contribution is 2.39. The largest absolute Gasteiger partial charge is 0.488 e. The van der Waals surface area contributed by atoms with Crippen molar-refractivity contribution in [3.8, 4) is 17.0 Å². The molecule has 0 N–H and O–H groups in total. The third kappa shape index (κ3) is 1.89. The Hall–Kier alpha value is -2.81. The van der Waals surface area contributed by atoms with Crippen LogP contribution >= 0.6 is 0 Å². The molecule has 0 saturated carbocycles. The molecular weight excluding hydrogens is 308 g/mol. The minimum absolute atomic E-state index is 0.582. The summed E-state index contributed by atoms with van der Waals surface area (Å²) in [6.07, 6.45) is 0. The summed E-state index contributed by atoms with van der Waals surface area (Å²) >= 11 is 0. The van der Waals surface area contributed by atoms with Gasteiger partial charge in [0.05, 0.1) is 11.2 Å². The number of hydrogen-bond acceptors (Lipinski definition) is 2. The zero-order valence-corrected chi connectivity index (χ0v) is 14.8. The molecule has 3 nitrogen and oxygen atoms in total. The maximum absolute atomic E-state index is 5.95. The number of aromatic nitrogens is 2. The molecule has 0 amide bonds. The smallest absolute Gasteiger partial charge is 0.129 e. The number of para-hydroxylation sites is 1. The van der Waals surface area contributed by atoms with Gasteiger partial charge in [0.25, 0.3) is 0 Å². The zero-order valence-electron chi connectivity index (χ0n) is 14.8. The van der Waals surface area contributed by atoms with Gasteiger partial charge >= 0.3 is 0 Å². The third-order valence-corrected chi connectivity index (χ3v) is 5.51. The molecule has 3 heterocycles. The SMILES string of the molecule is CCn1c(C)c(C)c2c3cc4c(nc3ccc21)-c1ccccc1OC4. The Labute approximate surface area is 146 Å². The molecule has 0 radical (unpaired) electrons. The number of rotatable bonds is 1. The van der Waals surface area contributed by atoms with E-state index in [0.29, 0.717) is 6.61 Å². The maximum Gasteiger partial charge on any atom is 0.129 e. The quantitative estimate of drug-likeness (QED) is 0.469. The molecule has 0 aliphatic carbocycles. The lowest BCUT2D eigenvalue weighted by Gasteiger charge is -2.20. The number of aryl methyl sites for hydroxylation is 2. The lowest BCUT2D eigenvalue weighted by atomic mass is 9.98. The van der Waals surface area contributed by atoms with Gasteiger partial charge in [-0.05, 0) is 56.7 Å². The predicted octanol–water partition coefficient (Wildman–Crippen LogP) is 5.39. The highest BCUT2D eigenvalue weighted by atomic mass is 16.5. The second-order valence-electron chi connectivity index (χ2n) is 6.76. The number of nitrogens with zero attached hydrogens (tertiary/aromatic N) is 2. The first-order chi connectivity index (χ1) is 12.2. The maximum atomic E-state index is 5.95. The average molecular weight is 328 g/mol. The monoisotopic (exact) mass is 328 g/mol. The summed E-state index contributed by atoms with van der Waals surface area (Å²) < 4.78 is 8.33. The van der Waals surface area contributed by atoms with Crippen LogP contribution in [0.4, 0.5) is 0 Å². The Bertz CT molecular complexity index is 1150. The number of fused-ring (bicyclic) bond motifs is 6. The van der Waals surface area contributed by atoms with E-state index in [1.165, 1.54) is 33.1 Å². The van der Waals surface area contributed by atoms with Crippen LogP contribution in [0, 0.1) is 13.8 Å². The van der Waals surface area contributed by atoms with Gasteiger partial charge in [-0.2, -0.15) is 0 Å². The van der Waals surface area contributed by atoms with Crippen molar-refractivity contribution in [3.63, 3.8) is 0 Å². The van der Waals surface area contributed by atoms with Crippen LogP contribution in [0.1, 0.15) is 23.7 Å². The summed E-state index contributed by atoms with van der Waals surface area (Å²) in [6, 6.07) is 14.8. The molecule has 4 aromatic rings. The van der Waals surface area contributed by atoms with Gasteiger partial charge in [-0.1, -0.05) is 12.1 Å². The van der Waals surface area contributed by atoms with Gasteiger partial charge in [0.15, 0.2) is 0 Å². The van der Waals surface area contributed by atoms with Crippen LogP contribution in [0.15, 0.2) is 42.5 Å². The molecule has 0 spiro atoms. The molecule has 0 unspecified atom stereocenters. The van der Waals surface area contributed by atoms with Crippen molar-refractivity contribution in [1.82, 2.24) is 9.55 Å². The molecule has 1 aliphatic rings. The predicted molar refractivity (Wildman–Crippen MR) is 102 cm³/mol. The van der Waals surface area contributed by atoms with Crippen molar-refractivity contribution < 1.29 is 4.74 Å². The highest BCUT2D eigenvalue weighted by molar-refractivity contribution is 6.08. The second-order valence-corrected chi connectivity index (χ2v) is 6.76. The van der Waals surface area contributed by atoms with Crippen LogP contribution in [0.5, 0.6) is 5.75 Å². The fourth-order valence-corrected chi connectivity index (χ4v) is 4.15. The second kappa shape index (κ2) is 5.09. The summed E-state index contributed by atoms with van der Waals surface area (Å²) in [6.45, 7) is 8.19. The summed E-state index contributed by atoms with van der Waals surface area (Å²) in [5.41, 5.74) is 8.34. The topological polar surface area (TPSA) is 27.1 Å². The first-order valence-electron chi connectivity index (χ1n) is 8.83. The van der Waals surface area contributed by atoms with Gasteiger partial charge < -0.3 is 9.30 Å². The van der Waals surface area contributed by atoms with Gasteiger partial charge in [0.2, 0.25) is 0 Å². The van der Waals surface area contributed by atoms with Gasteiger partial charge in [-0.25, -0.2) is 4.98 Å². The van der Waals surface area contributed by atoms with Crippen molar-refractivity contribution in [1.29, 1.82) is 0 Å². The van der Waals surface area contributed by atoms with Crippen LogP contribution in [0.2, 0.25) is 0 Å². The normalized spacial score (nSPS) is 12.9. The van der Waals surface area contributed by atoms with Crippen LogP contribution in [-0.4, -0.2) is 9.55 Å². The fourth-order valence-electron chi connectivity index (χ4n) is 4.15. The summed E-state index contributed by atoms with van der Waals surface area (Å²) in [7, 11) is 0. The molecule has 1 aliphatic heterocycles. The van der Waals surface area contributed by atoms with Gasteiger partial charge in [0, 0.05) is 39.7 Å². The van der Waals surface area contributed by atoms with Crippen molar-refractivity contribution >= 4 is 21.8 Å². The minimum atomic E-state index is 0.582. The van der Waals surface area contributed by atoms with E-state index in [9.17, 15) is 0 Å². The van der Waals surface area contributed by atoms with E-state index in [0.717, 1.165) is 29.1 Å². The molecule has 0 bridgehead atoms. The van der Waals surface area contributed by atoms with Crippen molar-refractivity contribution in [3.05, 3.63) is 59.3 Å². The number of ether oxygens (including phenoxy) is 1. The Morgan fingerprint density at radius 1 is 1.12 bits per heavy atom. The van der Waals surface area contributed by atoms with Crippen molar-refractivity contribution in [2.24, 2.45) is 0 Å². The molecule has 2 aromatic carbocycles. The Kier molecular flexibility index (Phi) is 2.96. The van der Waals surface area contributed by atoms with E-state index >= 15 is 0 Å². The highest BCUT2D eigenvalue weighted by Gasteiger charge is 2.21. The summed E-state index contributed by atoms with van der Waals surface area (Å²) in [4.78, 5) is 5.02. The van der Waals surface area contributed by atoms with Crippen LogP contribution in [0.25, 0.3) is 33.1 Å². The number of pyridine rings is 1. The minimum Gasteiger partial charge on any atom is -0.488 e. The van der Waals surface area contributed by atoms with Gasteiger partial charge in [-0.3, -0.25) is 0 Å². The Morgan fingerprint density at radius 2 is 1.96 bits per heavy atom. The molecule has 0 saturated heterocycles. The molecule has 0 atom stereocenters. The van der Waals surface area contributed by atoms with Gasteiger partial charge in [0.1, 0.15) is 12.4 Å². The molecular formula is C22H20N2O. The Morgan fingerprint density at radius 3 is 2.80 bits per heavy atom. The molecule has 5 rings (SSSR count). The van der Waals surface area contributed by atoms with E-state index in [4.69, 9.17) is 9.72 Å². The Balaban J connectivity index is 1.88. The average Bonchev–Trinajstić information content (AvgIpc) is 2.90. The third-order valence-electron chi connectivity index (χ3n) is 5.51. The van der Waals surface area contributed by atoms with Crippen molar-refractivity contribution in [2.75, 3.05) is 0 Å². The van der Waals surface area contributed by atoms with E-state index in [1.54, 1.807) is 0 Å². The molecule has 124 valence electrons. The van der Waals surface area contributed by atoms with Crippen LogP contribution < -0.4 is 4.74 Å². The first kappa shape index (κ1) is 14.5. The van der Waals surface area contributed by atoms with Crippen LogP contribution in [0.3, 0.4) is 0 Å². The van der Waals surface area contributed by atoms with E-state index in [2.05, 4.69) is 49.6 Å². The lowest BCUT2D eigenvalue weighted by molar-refractivity contribution is 0.302. The van der Waals surface area contributed by atoms with Crippen LogP contribution in [-0.2, 0) is 13.2 Å². The van der Waals surface area contributed by atoms with E-state index in [-0.39, 0.29) is 0 Å². The zero-order chi connectivity index (χ0) is 17.1. The molecule has 2 aromatic heterocycles. The van der Waals surface area contributed by atoms with E-state index < -0.39 is 0 Å². The standard InChI is InChI=1S/C22H20N2O/c1-4-24-14(3)13(2)21-17-11-15-12-25-20-8-6-5-7-16(20)22(15)23-18(17)9-10-19(21)24/h5-11H,4,12H2,1-3H3. The van der Waals surface area contributed by atoms with Crippen molar-refractivity contribution in [2.45, 2.75) is 33.9 Å². The summed E-state index contributed by atoms with van der Waals surface area (Å²) in [5, 5.41) is 2.55. The number of hydrogen-bond donors (Lipinski definition) is 0. The molecule has 3 heteroatoms. The molecule has 0 fully saturated rings. The number of benzene rings is 2. The van der Waals surface area contributed by atoms with E-state index in [1.807, 2.05) is 18.2 Å². The van der Waals surface area contributed by atoms with Gasteiger partial charge in [-0.15, -0.1) is 0 Å².